The van der Waals surface area contributed by atoms with Crippen LogP contribution in [0.15, 0.2) is 109 Å². The largest absolute Gasteiger partial charge is 0.508 e. The van der Waals surface area contributed by atoms with Crippen molar-refractivity contribution in [1.82, 2.24) is 0 Å². The molecule has 4 aromatic rings. The number of ether oxygens (including phenoxy) is 4. The Morgan fingerprint density at radius 1 is 0.570 bits per heavy atom. The van der Waals surface area contributed by atoms with Crippen molar-refractivity contribution in [2.45, 2.75) is 196 Å². The summed E-state index contributed by atoms with van der Waals surface area (Å²) in [7, 11) is -1.00. The zero-order chi connectivity index (χ0) is 61.0. The van der Waals surface area contributed by atoms with Crippen LogP contribution in [-0.2, 0) is 38.1 Å². The van der Waals surface area contributed by atoms with E-state index in [2.05, 4.69) is 4.74 Å². The molecular formula is C62H98Cl2FNO13. The number of carbonyl (C=O) groups is 4. The lowest BCUT2D eigenvalue weighted by molar-refractivity contribution is -0.156. The Balaban J connectivity index is -0.000000453. The molecule has 14 nitrogen and oxygen atoms in total. The molecular weight excluding hydrogens is 1060 g/mol. The van der Waals surface area contributed by atoms with E-state index in [0.29, 0.717) is 76.5 Å². The number of rotatable bonds is 19. The van der Waals surface area contributed by atoms with Gasteiger partial charge in [0.15, 0.2) is 0 Å². The van der Waals surface area contributed by atoms with Crippen molar-refractivity contribution in [1.29, 1.82) is 0 Å². The van der Waals surface area contributed by atoms with Gasteiger partial charge in [-0.05, 0) is 162 Å². The SMILES string of the molecule is C.CC(C)(C)OC(=O)CCC[C@@H](O)c1cccc(O)c1.CC(C)(C)OC(=O)CCC[C@@H](O)c1ccccc1.CCOC(C)=O.Cc1cccc([C@H](O)CCCC(=O)OC(C)(C)C)c1.ClCCl.NCC[C@@H](O)c1ccccc1.[2H]CF. The summed E-state index contributed by atoms with van der Waals surface area (Å²) in [6.07, 6.45) is 2.93. The second kappa shape index (κ2) is 46.6. The van der Waals surface area contributed by atoms with Crippen LogP contribution in [0.1, 0.15) is 201 Å². The highest BCUT2D eigenvalue weighted by atomic mass is 35.5. The Kier molecular flexibility index (Phi) is 46.1. The summed E-state index contributed by atoms with van der Waals surface area (Å²) < 4.78 is 35.5. The first-order valence-electron chi connectivity index (χ1n) is 26.7. The van der Waals surface area contributed by atoms with Gasteiger partial charge >= 0.3 is 23.9 Å². The lowest BCUT2D eigenvalue weighted by Gasteiger charge is -2.19. The average molecular weight is 1160 g/mol. The number of aromatic hydroxyl groups is 1. The summed E-state index contributed by atoms with van der Waals surface area (Å²) in [5.74, 6) is -0.747. The normalized spacial score (nSPS) is 12.1. The van der Waals surface area contributed by atoms with Gasteiger partial charge in [-0.2, -0.15) is 0 Å². The van der Waals surface area contributed by atoms with E-state index >= 15 is 0 Å². The molecule has 4 rings (SSSR count). The van der Waals surface area contributed by atoms with Gasteiger partial charge in [-0.15, -0.1) is 23.2 Å². The van der Waals surface area contributed by atoms with E-state index in [1.54, 1.807) is 25.1 Å². The predicted molar refractivity (Wildman–Crippen MR) is 317 cm³/mol. The molecule has 0 aliphatic heterocycles. The fraction of sp³-hybridized carbons (Fsp3) is 0.548. The van der Waals surface area contributed by atoms with Crippen molar-refractivity contribution >= 4 is 47.1 Å². The second-order valence-corrected chi connectivity index (χ2v) is 21.2. The fourth-order valence-electron chi connectivity index (χ4n) is 6.48. The van der Waals surface area contributed by atoms with Crippen LogP contribution in [0.5, 0.6) is 5.75 Å². The highest BCUT2D eigenvalue weighted by Crippen LogP contribution is 2.24. The smallest absolute Gasteiger partial charge is 0.306 e. The number of phenolic OH excluding ortho intramolecular Hbond substituents is 1. The summed E-state index contributed by atoms with van der Waals surface area (Å²) in [6.45, 7) is 22.8. The summed E-state index contributed by atoms with van der Waals surface area (Å²) in [4.78, 5) is 44.3. The molecule has 79 heavy (non-hydrogen) atoms. The Hall–Kier alpha value is -5.13. The number of aryl methyl sites for hydroxylation is 1. The van der Waals surface area contributed by atoms with E-state index in [1.807, 2.05) is 154 Å². The van der Waals surface area contributed by atoms with Crippen LogP contribution < -0.4 is 5.73 Å². The Morgan fingerprint density at radius 3 is 1.15 bits per heavy atom. The van der Waals surface area contributed by atoms with Gasteiger partial charge in [0.2, 0.25) is 0 Å². The molecule has 0 bridgehead atoms. The van der Waals surface area contributed by atoms with E-state index in [1.165, 1.54) is 13.0 Å². The predicted octanol–water partition coefficient (Wildman–Crippen LogP) is 14.0. The third kappa shape index (κ3) is 49.6. The molecule has 17 heteroatoms. The summed E-state index contributed by atoms with van der Waals surface area (Å²) in [6, 6.07) is 33.4. The summed E-state index contributed by atoms with van der Waals surface area (Å²) in [5, 5.41) is 48.8. The van der Waals surface area contributed by atoms with Crippen LogP contribution in [0.2, 0.25) is 0 Å². The van der Waals surface area contributed by atoms with Crippen LogP contribution >= 0.6 is 23.2 Å². The highest BCUT2D eigenvalue weighted by Gasteiger charge is 2.19. The Labute approximate surface area is 484 Å². The van der Waals surface area contributed by atoms with Gasteiger partial charge in [-0.3, -0.25) is 23.6 Å². The first kappa shape index (κ1) is 78.1. The van der Waals surface area contributed by atoms with Crippen LogP contribution in [0.25, 0.3) is 0 Å². The van der Waals surface area contributed by atoms with Gasteiger partial charge in [0.05, 0.1) is 44.9 Å². The average Bonchev–Trinajstić information content (AvgIpc) is 3.34. The van der Waals surface area contributed by atoms with Crippen LogP contribution in [0.4, 0.5) is 4.39 Å². The lowest BCUT2D eigenvalue weighted by Crippen LogP contribution is -2.23. The van der Waals surface area contributed by atoms with Crippen molar-refractivity contribution in [3.63, 3.8) is 0 Å². The topological polar surface area (TPSA) is 232 Å². The van der Waals surface area contributed by atoms with Gasteiger partial charge in [-0.25, -0.2) is 0 Å². The molecule has 4 aromatic carbocycles. The van der Waals surface area contributed by atoms with Crippen molar-refractivity contribution in [2.24, 2.45) is 5.73 Å². The fourth-order valence-corrected chi connectivity index (χ4v) is 6.48. The van der Waals surface area contributed by atoms with E-state index in [9.17, 15) is 49.1 Å². The molecule has 7 N–H and O–H groups in total. The monoisotopic (exact) mass is 1150 g/mol. The molecule has 0 amide bonds. The lowest BCUT2D eigenvalue weighted by atomic mass is 10.0. The number of hydrogen-bond donors (Lipinski definition) is 6. The van der Waals surface area contributed by atoms with Crippen LogP contribution in [0, 0.1) is 6.92 Å². The molecule has 0 spiro atoms. The van der Waals surface area contributed by atoms with Gasteiger partial charge in [0.25, 0.3) is 0 Å². The second-order valence-electron chi connectivity index (χ2n) is 20.4. The molecule has 0 saturated carbocycles. The van der Waals surface area contributed by atoms with Crippen LogP contribution in [-0.4, -0.2) is 91.9 Å². The molecule has 0 radical (unpaired) electrons. The van der Waals surface area contributed by atoms with Crippen LogP contribution in [0.3, 0.4) is 0 Å². The highest BCUT2D eigenvalue weighted by molar-refractivity contribution is 6.40. The number of hydrogen-bond acceptors (Lipinski definition) is 14. The number of phenols is 1. The summed E-state index contributed by atoms with van der Waals surface area (Å²) in [5.41, 5.74) is 8.49. The summed E-state index contributed by atoms with van der Waals surface area (Å²) >= 11 is 9.53. The molecule has 4 atom stereocenters. The van der Waals surface area contributed by atoms with Crippen molar-refractivity contribution in [2.75, 3.05) is 25.6 Å². The van der Waals surface area contributed by atoms with E-state index < -0.39 is 48.4 Å². The van der Waals surface area contributed by atoms with Crippen molar-refractivity contribution in [3.8, 4) is 5.75 Å². The minimum atomic E-state index is -1.00. The molecule has 0 unspecified atom stereocenters. The Bertz CT molecular complexity index is 2090. The van der Waals surface area contributed by atoms with Gasteiger partial charge in [-0.1, -0.05) is 110 Å². The molecule has 0 fully saturated rings. The number of aliphatic hydroxyl groups excluding tert-OH is 4. The number of aliphatic hydroxyl groups is 4. The number of benzene rings is 4. The number of alkyl halides is 3. The maximum absolute atomic E-state index is 11.5. The Morgan fingerprint density at radius 2 is 0.873 bits per heavy atom. The van der Waals surface area contributed by atoms with Gasteiger partial charge < -0.3 is 50.2 Å². The van der Waals surface area contributed by atoms with Crippen molar-refractivity contribution in [3.05, 3.63) is 137 Å². The third-order valence-electron chi connectivity index (χ3n) is 9.67. The number of esters is 4. The maximum Gasteiger partial charge on any atom is 0.306 e. The first-order valence-corrected chi connectivity index (χ1v) is 27.1. The third-order valence-corrected chi connectivity index (χ3v) is 9.67. The standard InChI is InChI=1S/C16H24O3.C15H22O4.C15H22O3.C9H13NO.C4H8O2.CH2Cl2.CH3F.CH4/c1-12-7-5-8-13(11-12)14(17)9-6-10-15(18)19-16(2,3)4;1-15(2,3)19-14(18)9-5-8-13(17)11-6-4-7-12(16)10-11;1-15(2,3)18-14(17)11-7-10-13(16)12-8-5-4-6-9-12;10-7-6-9(11)8-4-2-1-3-5-8;1-3-6-4(2)5;2-1-3;1-2;/h5,7-8,11,14,17H,6,9-10H2,1-4H3;4,6-7,10,13,16-17H,5,8-9H2,1-3H3;4-6,8-9,13,16H,7,10-11H2,1-3H3;1-5,9,11H,6-7,10H2;3H2,1-2H3;1H2;1H3;1H4/t14-;2*13-;9-;;;;/m1111..../s1/i;;;;;;1D;. The molecule has 450 valence electrons. The molecule has 0 saturated heterocycles. The molecule has 0 aliphatic rings. The number of carbonyl (C=O) groups excluding carboxylic acids is 4. The molecule has 0 heterocycles. The van der Waals surface area contributed by atoms with Gasteiger partial charge in [0, 0.05) is 26.2 Å². The van der Waals surface area contributed by atoms with E-state index in [-0.39, 0.29) is 48.8 Å². The minimum Gasteiger partial charge on any atom is -0.508 e. The first-order chi connectivity index (χ1) is 36.9. The zero-order valence-corrected chi connectivity index (χ0v) is 49.8. The minimum absolute atomic E-state index is 0. The van der Waals surface area contributed by atoms with Gasteiger partial charge in [0.1, 0.15) is 22.6 Å². The zero-order valence-electron chi connectivity index (χ0n) is 49.3. The quantitative estimate of drug-likeness (QED) is 0.0291. The maximum atomic E-state index is 11.5. The molecule has 0 aromatic heterocycles. The number of halogens is 3. The number of nitrogens with two attached hydrogens (primary N) is 1. The van der Waals surface area contributed by atoms with E-state index in [4.69, 9.17) is 44.5 Å². The molecule has 0 aliphatic carbocycles. The van der Waals surface area contributed by atoms with Crippen molar-refractivity contribution < 1.29 is 69.4 Å². The van der Waals surface area contributed by atoms with E-state index in [0.717, 1.165) is 22.3 Å².